The molecule has 2 rings (SSSR count). The fraction of sp³-hybridized carbons (Fsp3) is 0.667. The van der Waals surface area contributed by atoms with Crippen molar-refractivity contribution in [2.75, 3.05) is 13.3 Å². The highest BCUT2D eigenvalue weighted by atomic mass is 31.2. The highest BCUT2D eigenvalue weighted by Gasteiger charge is 2.45. The summed E-state index contributed by atoms with van der Waals surface area (Å²) in [5.74, 6) is 0. The van der Waals surface area contributed by atoms with Crippen LogP contribution in [0.2, 0.25) is 0 Å². The Kier molecular flexibility index (Phi) is 4.36. The number of aliphatic hydroxyl groups is 2. The smallest absolute Gasteiger partial charge is 0.387 e. The molecule has 0 aromatic heterocycles. The molecule has 2 heterocycles. The Balaban J connectivity index is 1.96. The van der Waals surface area contributed by atoms with Gasteiger partial charge in [-0.05, 0) is 6.08 Å². The van der Waals surface area contributed by atoms with E-state index in [2.05, 4.69) is 9.52 Å². The zero-order valence-corrected chi connectivity index (χ0v) is 10.7. The Bertz CT molecular complexity index is 423. The SMILES string of the molecule is O=P(O)(O)OC[C@H]1O[C@@H](N2C=CC=NC2)[C@H](O)[C@@H]1O. The first kappa shape index (κ1) is 14.6. The lowest BCUT2D eigenvalue weighted by molar-refractivity contribution is -0.0783. The maximum absolute atomic E-state index is 10.6. The van der Waals surface area contributed by atoms with Crippen LogP contribution in [0.4, 0.5) is 0 Å². The summed E-state index contributed by atoms with van der Waals surface area (Å²) >= 11 is 0. The van der Waals surface area contributed by atoms with Gasteiger partial charge in [-0.25, -0.2) is 4.57 Å². The van der Waals surface area contributed by atoms with Gasteiger partial charge in [0.1, 0.15) is 25.0 Å². The third-order valence-corrected chi connectivity index (χ3v) is 3.27. The minimum Gasteiger partial charge on any atom is -0.387 e. The van der Waals surface area contributed by atoms with E-state index in [0.717, 1.165) is 0 Å². The normalized spacial score (nSPS) is 35.1. The highest BCUT2D eigenvalue weighted by Crippen LogP contribution is 2.37. The first-order valence-electron chi connectivity index (χ1n) is 5.52. The summed E-state index contributed by atoms with van der Waals surface area (Å²) in [7, 11) is -4.64. The number of nitrogens with zero attached hydrogens (tertiary/aromatic N) is 2. The average Bonchev–Trinajstić information content (AvgIpc) is 2.64. The molecule has 2 aliphatic heterocycles. The maximum Gasteiger partial charge on any atom is 0.469 e. The molecule has 0 spiro atoms. The molecule has 0 radical (unpaired) electrons. The standard InChI is InChI=1S/C9H15N2O7P/c12-7-6(4-17-19(14,15)16)18-9(8(7)13)11-3-1-2-10-5-11/h1-3,6-9,12-13H,4-5H2,(H2,14,15,16)/t6-,7-,8-,9-/m1/s1. The lowest BCUT2D eigenvalue weighted by atomic mass is 10.1. The van der Waals surface area contributed by atoms with E-state index in [1.54, 1.807) is 23.4 Å². The van der Waals surface area contributed by atoms with E-state index in [9.17, 15) is 14.8 Å². The van der Waals surface area contributed by atoms with Crippen molar-refractivity contribution in [1.82, 2.24) is 4.90 Å². The minimum absolute atomic E-state index is 0.261. The van der Waals surface area contributed by atoms with Crippen molar-refractivity contribution in [2.45, 2.75) is 24.5 Å². The Morgan fingerprint density at radius 1 is 1.42 bits per heavy atom. The van der Waals surface area contributed by atoms with Crippen molar-refractivity contribution in [3.63, 3.8) is 0 Å². The lowest BCUT2D eigenvalue weighted by Crippen LogP contribution is -2.42. The first-order valence-corrected chi connectivity index (χ1v) is 7.05. The number of rotatable bonds is 4. The minimum atomic E-state index is -4.64. The Hall–Kier alpha value is -0.800. The van der Waals surface area contributed by atoms with Crippen LogP contribution in [-0.4, -0.2) is 68.9 Å². The second-order valence-corrected chi connectivity index (χ2v) is 5.40. The van der Waals surface area contributed by atoms with Gasteiger partial charge in [-0.1, -0.05) is 0 Å². The molecule has 4 N–H and O–H groups in total. The molecule has 0 saturated carbocycles. The van der Waals surface area contributed by atoms with E-state index in [1.807, 2.05) is 0 Å². The van der Waals surface area contributed by atoms with Crippen LogP contribution in [0, 0.1) is 0 Å². The molecule has 1 fully saturated rings. The molecule has 0 amide bonds. The van der Waals surface area contributed by atoms with Gasteiger partial charge in [0.15, 0.2) is 6.23 Å². The molecule has 0 aromatic rings. The molecule has 1 saturated heterocycles. The molecule has 9 nitrogen and oxygen atoms in total. The van der Waals surface area contributed by atoms with E-state index < -0.39 is 39.0 Å². The van der Waals surface area contributed by atoms with Crippen LogP contribution >= 0.6 is 7.82 Å². The van der Waals surface area contributed by atoms with Crippen LogP contribution in [0.1, 0.15) is 0 Å². The fourth-order valence-electron chi connectivity index (χ4n) is 1.88. The van der Waals surface area contributed by atoms with Gasteiger partial charge in [0, 0.05) is 12.4 Å². The number of aliphatic hydroxyl groups excluding tert-OH is 2. The third-order valence-electron chi connectivity index (χ3n) is 2.79. The van der Waals surface area contributed by atoms with Gasteiger partial charge in [0.2, 0.25) is 0 Å². The average molecular weight is 294 g/mol. The van der Waals surface area contributed by atoms with Crippen molar-refractivity contribution in [1.29, 1.82) is 0 Å². The van der Waals surface area contributed by atoms with Crippen molar-refractivity contribution in [3.8, 4) is 0 Å². The molecule has 0 unspecified atom stereocenters. The third kappa shape index (κ3) is 3.61. The molecule has 0 aliphatic carbocycles. The topological polar surface area (TPSA) is 132 Å². The van der Waals surface area contributed by atoms with Crippen LogP contribution in [-0.2, 0) is 13.8 Å². The number of ether oxygens (including phenoxy) is 1. The molecule has 2 aliphatic rings. The van der Waals surface area contributed by atoms with Crippen molar-refractivity contribution in [2.24, 2.45) is 4.99 Å². The molecule has 10 heteroatoms. The van der Waals surface area contributed by atoms with Crippen LogP contribution in [0.5, 0.6) is 0 Å². The maximum atomic E-state index is 10.6. The summed E-state index contributed by atoms with van der Waals surface area (Å²) in [5, 5.41) is 19.6. The molecular weight excluding hydrogens is 279 g/mol. The largest absolute Gasteiger partial charge is 0.469 e. The number of phosphoric ester groups is 1. The predicted octanol–water partition coefficient (Wildman–Crippen LogP) is -1.60. The van der Waals surface area contributed by atoms with Crippen LogP contribution in [0.3, 0.4) is 0 Å². The van der Waals surface area contributed by atoms with Crippen molar-refractivity contribution in [3.05, 3.63) is 12.3 Å². The van der Waals surface area contributed by atoms with E-state index in [1.165, 1.54) is 0 Å². The summed E-state index contributed by atoms with van der Waals surface area (Å²) in [6.07, 6.45) is 0.494. The van der Waals surface area contributed by atoms with Gasteiger partial charge < -0.3 is 29.6 Å². The number of hydrogen-bond acceptors (Lipinski definition) is 7. The second-order valence-electron chi connectivity index (χ2n) is 4.16. The molecule has 4 atom stereocenters. The van der Waals surface area contributed by atoms with Gasteiger partial charge >= 0.3 is 7.82 Å². The van der Waals surface area contributed by atoms with E-state index in [4.69, 9.17) is 14.5 Å². The lowest BCUT2D eigenvalue weighted by Gasteiger charge is -2.28. The van der Waals surface area contributed by atoms with E-state index in [0.29, 0.717) is 0 Å². The Labute approximate surface area is 109 Å². The zero-order chi connectivity index (χ0) is 14.0. The summed E-state index contributed by atoms with van der Waals surface area (Å²) in [4.78, 5) is 22.7. The summed E-state index contributed by atoms with van der Waals surface area (Å²) < 4.78 is 20.2. The predicted molar refractivity (Wildman–Crippen MR) is 63.0 cm³/mol. The second kappa shape index (κ2) is 5.68. The quantitative estimate of drug-likeness (QED) is 0.456. The van der Waals surface area contributed by atoms with Crippen molar-refractivity contribution < 1.29 is 33.8 Å². The summed E-state index contributed by atoms with van der Waals surface area (Å²) in [5.41, 5.74) is 0. The number of phosphoric acid groups is 1. The summed E-state index contributed by atoms with van der Waals surface area (Å²) in [6.45, 7) is -0.253. The highest BCUT2D eigenvalue weighted by molar-refractivity contribution is 7.46. The number of allylic oxidation sites excluding steroid dienone is 1. The molecule has 0 bridgehead atoms. The summed E-state index contributed by atoms with van der Waals surface area (Å²) in [6, 6.07) is 0. The van der Waals surface area contributed by atoms with Crippen LogP contribution in [0.25, 0.3) is 0 Å². The van der Waals surface area contributed by atoms with Crippen LogP contribution in [0.15, 0.2) is 17.3 Å². The van der Waals surface area contributed by atoms with Gasteiger partial charge in [-0.15, -0.1) is 0 Å². The Morgan fingerprint density at radius 2 is 2.16 bits per heavy atom. The Morgan fingerprint density at radius 3 is 2.74 bits per heavy atom. The number of aliphatic imine (C=N–C) groups is 1. The van der Waals surface area contributed by atoms with E-state index >= 15 is 0 Å². The zero-order valence-electron chi connectivity index (χ0n) is 9.81. The molecule has 0 aromatic carbocycles. The molecule has 19 heavy (non-hydrogen) atoms. The van der Waals surface area contributed by atoms with Gasteiger partial charge in [0.05, 0.1) is 6.61 Å². The van der Waals surface area contributed by atoms with Gasteiger partial charge in [-0.2, -0.15) is 0 Å². The fourth-order valence-corrected chi connectivity index (χ4v) is 2.22. The monoisotopic (exact) mass is 294 g/mol. The van der Waals surface area contributed by atoms with Crippen LogP contribution < -0.4 is 0 Å². The van der Waals surface area contributed by atoms with Crippen molar-refractivity contribution >= 4 is 14.0 Å². The van der Waals surface area contributed by atoms with E-state index in [-0.39, 0.29) is 6.67 Å². The van der Waals surface area contributed by atoms with Gasteiger partial charge in [0.25, 0.3) is 0 Å². The number of hydrogen-bond donors (Lipinski definition) is 4. The van der Waals surface area contributed by atoms with Gasteiger partial charge in [-0.3, -0.25) is 9.52 Å². The first-order chi connectivity index (χ1) is 8.88. The molecule has 108 valence electrons. The molecular formula is C9H15N2O7P.